The SMILES string of the molecule is O=C(CN1C(=O)N[C@@H](CCc2ccccc2)C1=O)N1CCN(S(=O)(=O)c2ccccc2)CC1. The highest BCUT2D eigenvalue weighted by Gasteiger charge is 2.40. The molecule has 0 bridgehead atoms. The third kappa shape index (κ3) is 5.07. The zero-order valence-corrected chi connectivity index (χ0v) is 18.9. The highest BCUT2D eigenvalue weighted by molar-refractivity contribution is 7.89. The second-order valence-corrected chi connectivity index (χ2v) is 9.99. The molecule has 4 amide bonds. The minimum absolute atomic E-state index is 0.156. The number of hydrogen-bond donors (Lipinski definition) is 1. The number of benzene rings is 2. The Kier molecular flexibility index (Phi) is 6.75. The first kappa shape index (κ1) is 22.9. The average molecular weight is 471 g/mol. The number of nitrogens with one attached hydrogen (secondary N) is 1. The zero-order valence-electron chi connectivity index (χ0n) is 18.1. The van der Waals surface area contributed by atoms with Crippen molar-refractivity contribution in [2.75, 3.05) is 32.7 Å². The number of piperazine rings is 1. The summed E-state index contributed by atoms with van der Waals surface area (Å²) in [5.74, 6) is -0.784. The Hall–Kier alpha value is -3.24. The molecule has 0 saturated carbocycles. The number of rotatable bonds is 7. The molecular formula is C23H26N4O5S. The lowest BCUT2D eigenvalue weighted by Crippen LogP contribution is -2.53. The van der Waals surface area contributed by atoms with Crippen molar-refractivity contribution in [3.05, 3.63) is 66.2 Å². The smallest absolute Gasteiger partial charge is 0.325 e. The quantitative estimate of drug-likeness (QED) is 0.610. The maximum Gasteiger partial charge on any atom is 0.325 e. The van der Waals surface area contributed by atoms with Gasteiger partial charge in [0, 0.05) is 26.2 Å². The summed E-state index contributed by atoms with van der Waals surface area (Å²) in [6, 6.07) is 16.6. The van der Waals surface area contributed by atoms with Gasteiger partial charge in [0.05, 0.1) is 4.90 Å². The Morgan fingerprint density at radius 1 is 0.909 bits per heavy atom. The van der Waals surface area contributed by atoms with E-state index >= 15 is 0 Å². The predicted octanol–water partition coefficient (Wildman–Crippen LogP) is 1.07. The highest BCUT2D eigenvalue weighted by atomic mass is 32.2. The van der Waals surface area contributed by atoms with Gasteiger partial charge in [0.2, 0.25) is 15.9 Å². The summed E-state index contributed by atoms with van der Waals surface area (Å²) in [5, 5.41) is 2.66. The number of aryl methyl sites for hydroxylation is 1. The lowest BCUT2D eigenvalue weighted by molar-refractivity contribution is -0.138. The van der Waals surface area contributed by atoms with E-state index in [4.69, 9.17) is 0 Å². The van der Waals surface area contributed by atoms with E-state index in [-0.39, 0.29) is 43.5 Å². The molecule has 174 valence electrons. The van der Waals surface area contributed by atoms with Crippen LogP contribution in [0.25, 0.3) is 0 Å². The third-order valence-corrected chi connectivity index (χ3v) is 7.85. The molecule has 4 rings (SSSR count). The molecule has 2 aromatic carbocycles. The number of amides is 4. The highest BCUT2D eigenvalue weighted by Crippen LogP contribution is 2.18. The van der Waals surface area contributed by atoms with Gasteiger partial charge in [-0.05, 0) is 30.5 Å². The average Bonchev–Trinajstić information content (AvgIpc) is 3.11. The van der Waals surface area contributed by atoms with Gasteiger partial charge in [-0.1, -0.05) is 48.5 Å². The van der Waals surface area contributed by atoms with E-state index in [1.807, 2.05) is 30.3 Å². The van der Waals surface area contributed by atoms with Crippen molar-refractivity contribution in [2.45, 2.75) is 23.8 Å². The molecule has 0 aromatic heterocycles. The third-order valence-electron chi connectivity index (χ3n) is 5.94. The maximum absolute atomic E-state index is 12.7. The van der Waals surface area contributed by atoms with E-state index in [0.29, 0.717) is 12.8 Å². The van der Waals surface area contributed by atoms with Crippen molar-refractivity contribution in [1.29, 1.82) is 0 Å². The summed E-state index contributed by atoms with van der Waals surface area (Å²) in [4.78, 5) is 40.4. The Morgan fingerprint density at radius 3 is 2.15 bits per heavy atom. The summed E-state index contributed by atoms with van der Waals surface area (Å²) < 4.78 is 26.8. The molecule has 1 N–H and O–H groups in total. The van der Waals surface area contributed by atoms with Gasteiger partial charge < -0.3 is 10.2 Å². The molecule has 0 radical (unpaired) electrons. The van der Waals surface area contributed by atoms with Crippen LogP contribution in [0.3, 0.4) is 0 Å². The normalized spacial score (nSPS) is 19.6. The Bertz CT molecular complexity index is 1120. The molecule has 2 heterocycles. The molecule has 2 fully saturated rings. The zero-order chi connectivity index (χ0) is 23.4. The van der Waals surface area contributed by atoms with Crippen molar-refractivity contribution >= 4 is 27.9 Å². The van der Waals surface area contributed by atoms with Crippen LogP contribution in [0.1, 0.15) is 12.0 Å². The molecule has 1 atom stereocenters. The fourth-order valence-corrected chi connectivity index (χ4v) is 5.48. The van der Waals surface area contributed by atoms with Gasteiger partial charge in [0.1, 0.15) is 12.6 Å². The van der Waals surface area contributed by atoms with E-state index in [1.165, 1.54) is 9.21 Å². The lowest BCUT2D eigenvalue weighted by Gasteiger charge is -2.34. The van der Waals surface area contributed by atoms with Crippen LogP contribution < -0.4 is 5.32 Å². The molecule has 0 spiro atoms. The Morgan fingerprint density at radius 2 is 1.52 bits per heavy atom. The number of imide groups is 1. The van der Waals surface area contributed by atoms with Gasteiger partial charge in [-0.2, -0.15) is 4.31 Å². The van der Waals surface area contributed by atoms with Crippen LogP contribution in [0.15, 0.2) is 65.6 Å². The van der Waals surface area contributed by atoms with Crippen molar-refractivity contribution in [3.8, 4) is 0 Å². The van der Waals surface area contributed by atoms with E-state index in [0.717, 1.165) is 10.5 Å². The first-order valence-corrected chi connectivity index (χ1v) is 12.3. The molecule has 10 heteroatoms. The molecule has 2 aliphatic rings. The van der Waals surface area contributed by atoms with Crippen LogP contribution in [0, 0.1) is 0 Å². The molecule has 0 aliphatic carbocycles. The van der Waals surface area contributed by atoms with E-state index < -0.39 is 28.0 Å². The lowest BCUT2D eigenvalue weighted by atomic mass is 10.1. The van der Waals surface area contributed by atoms with E-state index in [2.05, 4.69) is 5.32 Å². The van der Waals surface area contributed by atoms with Crippen molar-refractivity contribution in [2.24, 2.45) is 0 Å². The fourth-order valence-electron chi connectivity index (χ4n) is 4.03. The van der Waals surface area contributed by atoms with Crippen molar-refractivity contribution in [1.82, 2.24) is 19.4 Å². The molecule has 0 unspecified atom stereocenters. The second-order valence-electron chi connectivity index (χ2n) is 8.05. The van der Waals surface area contributed by atoms with Crippen LogP contribution in [-0.4, -0.2) is 79.1 Å². The van der Waals surface area contributed by atoms with Crippen LogP contribution in [0.5, 0.6) is 0 Å². The first-order chi connectivity index (χ1) is 15.9. The maximum atomic E-state index is 12.7. The van der Waals surface area contributed by atoms with Crippen LogP contribution in [-0.2, 0) is 26.0 Å². The largest absolute Gasteiger partial charge is 0.338 e. The first-order valence-electron chi connectivity index (χ1n) is 10.8. The van der Waals surface area contributed by atoms with E-state index in [9.17, 15) is 22.8 Å². The van der Waals surface area contributed by atoms with Gasteiger partial charge in [0.15, 0.2) is 0 Å². The molecule has 33 heavy (non-hydrogen) atoms. The Labute approximate surface area is 193 Å². The summed E-state index contributed by atoms with van der Waals surface area (Å²) in [6.45, 7) is 0.363. The number of hydrogen-bond acceptors (Lipinski definition) is 5. The van der Waals surface area contributed by atoms with Gasteiger partial charge in [-0.15, -0.1) is 0 Å². The second kappa shape index (κ2) is 9.72. The molecule has 2 aliphatic heterocycles. The summed E-state index contributed by atoms with van der Waals surface area (Å²) in [6.07, 6.45) is 1.09. The predicted molar refractivity (Wildman–Crippen MR) is 121 cm³/mol. The summed E-state index contributed by atoms with van der Waals surface area (Å²) in [5.41, 5.74) is 1.07. The van der Waals surface area contributed by atoms with Gasteiger partial charge in [-0.25, -0.2) is 13.2 Å². The fraction of sp³-hybridized carbons (Fsp3) is 0.348. The number of urea groups is 1. The number of nitrogens with zero attached hydrogens (tertiary/aromatic N) is 3. The van der Waals surface area contributed by atoms with Crippen molar-refractivity contribution < 1.29 is 22.8 Å². The summed E-state index contributed by atoms with van der Waals surface area (Å²) in [7, 11) is -3.62. The Balaban J connectivity index is 1.30. The number of carbonyl (C=O) groups excluding carboxylic acids is 3. The number of sulfonamides is 1. The topological polar surface area (TPSA) is 107 Å². The number of carbonyl (C=O) groups is 3. The van der Waals surface area contributed by atoms with Crippen LogP contribution in [0.4, 0.5) is 4.79 Å². The monoisotopic (exact) mass is 470 g/mol. The standard InChI is InChI=1S/C23H26N4O5S/c28-21(25-13-15-26(16-14-25)33(31,32)19-9-5-2-6-10-19)17-27-22(29)20(24-23(27)30)12-11-18-7-3-1-4-8-18/h1-10,20H,11-17H2,(H,24,30)/t20-/m0/s1. The summed E-state index contributed by atoms with van der Waals surface area (Å²) >= 11 is 0. The molecule has 2 saturated heterocycles. The van der Waals surface area contributed by atoms with Gasteiger partial charge >= 0.3 is 6.03 Å². The minimum Gasteiger partial charge on any atom is -0.338 e. The minimum atomic E-state index is -3.62. The molecule has 2 aromatic rings. The van der Waals surface area contributed by atoms with Crippen molar-refractivity contribution in [3.63, 3.8) is 0 Å². The molecule has 9 nitrogen and oxygen atoms in total. The van der Waals surface area contributed by atoms with Crippen LogP contribution in [0.2, 0.25) is 0 Å². The van der Waals surface area contributed by atoms with Crippen LogP contribution >= 0.6 is 0 Å². The molecular weight excluding hydrogens is 444 g/mol. The van der Waals surface area contributed by atoms with Gasteiger partial charge in [-0.3, -0.25) is 14.5 Å². The van der Waals surface area contributed by atoms with E-state index in [1.54, 1.807) is 30.3 Å². The van der Waals surface area contributed by atoms with Gasteiger partial charge in [0.25, 0.3) is 5.91 Å².